The number of carboxylic acid groups (broad SMARTS) is 1. The van der Waals surface area contributed by atoms with Gasteiger partial charge in [-0.2, -0.15) is 13.5 Å². The Morgan fingerprint density at radius 1 is 1.29 bits per heavy atom. The molecule has 2 amide bonds. The summed E-state index contributed by atoms with van der Waals surface area (Å²) in [5.74, 6) is -0.196. The minimum atomic E-state index is -0.722. The van der Waals surface area contributed by atoms with Crippen molar-refractivity contribution in [3.63, 3.8) is 0 Å². The van der Waals surface area contributed by atoms with E-state index in [1.54, 1.807) is 0 Å². The summed E-state index contributed by atoms with van der Waals surface area (Å²) in [6, 6.07) is 0.527. The largest absolute Gasteiger partial charge is 0.481 e. The summed E-state index contributed by atoms with van der Waals surface area (Å²) in [5, 5.41) is 14.4. The summed E-state index contributed by atoms with van der Waals surface area (Å²) in [7, 11) is 0. The molecule has 1 aliphatic heterocycles. The zero-order valence-corrected chi connectivity index (χ0v) is 10.7. The molecule has 0 aromatic carbocycles. The van der Waals surface area contributed by atoms with Crippen LogP contribution in [0, 0.1) is 5.92 Å². The highest BCUT2D eigenvalue weighted by molar-refractivity contribution is 7.59. The number of fused-ring (bicyclic) bond motifs is 1. The first-order chi connectivity index (χ1) is 7.66. The third-order valence-electron chi connectivity index (χ3n) is 3.62. The van der Waals surface area contributed by atoms with Gasteiger partial charge in [-0.3, -0.25) is 4.79 Å². The zero-order valence-electron chi connectivity index (χ0n) is 9.74. The predicted octanol–water partition coefficient (Wildman–Crippen LogP) is 1.20. The maximum absolute atomic E-state index is 11.1. The van der Waals surface area contributed by atoms with Gasteiger partial charge in [0.2, 0.25) is 0 Å². The van der Waals surface area contributed by atoms with E-state index in [0.29, 0.717) is 12.0 Å². The van der Waals surface area contributed by atoms with Gasteiger partial charge in [0.1, 0.15) is 0 Å². The highest BCUT2D eigenvalue weighted by Crippen LogP contribution is 2.32. The molecular formula is C11H20N2O3S. The van der Waals surface area contributed by atoms with Gasteiger partial charge in [0.15, 0.2) is 0 Å². The first kappa shape index (κ1) is 14.2. The lowest BCUT2D eigenvalue weighted by molar-refractivity contribution is -0.137. The summed E-state index contributed by atoms with van der Waals surface area (Å²) in [5.41, 5.74) is 0. The van der Waals surface area contributed by atoms with Crippen LogP contribution in [0.1, 0.15) is 38.5 Å². The Hall–Kier alpha value is -0.910. The summed E-state index contributed by atoms with van der Waals surface area (Å²) in [6.07, 6.45) is 5.14. The molecule has 3 atom stereocenters. The Labute approximate surface area is 108 Å². The van der Waals surface area contributed by atoms with E-state index in [-0.39, 0.29) is 32.0 Å². The minimum absolute atomic E-state index is 0. The van der Waals surface area contributed by atoms with Gasteiger partial charge in [-0.05, 0) is 31.6 Å². The lowest BCUT2D eigenvalue weighted by atomic mass is 9.96. The number of unbranched alkanes of at least 4 members (excludes halogenated alkanes) is 1. The molecule has 0 aromatic heterocycles. The number of amides is 2. The molecule has 3 N–H and O–H groups in total. The minimum Gasteiger partial charge on any atom is -0.481 e. The molecule has 6 heteroatoms. The van der Waals surface area contributed by atoms with Gasteiger partial charge in [0, 0.05) is 6.42 Å². The van der Waals surface area contributed by atoms with Crippen molar-refractivity contribution >= 4 is 25.5 Å². The number of urea groups is 1. The number of nitrogens with one attached hydrogen (secondary N) is 2. The number of carbonyl (C=O) groups excluding carboxylic acids is 1. The fourth-order valence-corrected chi connectivity index (χ4v) is 2.83. The molecule has 17 heavy (non-hydrogen) atoms. The van der Waals surface area contributed by atoms with Gasteiger partial charge in [0.05, 0.1) is 12.1 Å². The van der Waals surface area contributed by atoms with Crippen molar-refractivity contribution in [1.82, 2.24) is 10.6 Å². The number of hydrogen-bond acceptors (Lipinski definition) is 2. The summed E-state index contributed by atoms with van der Waals surface area (Å²) < 4.78 is 0. The molecule has 0 spiro atoms. The van der Waals surface area contributed by atoms with E-state index in [1.807, 2.05) is 0 Å². The maximum Gasteiger partial charge on any atom is 0.315 e. The van der Waals surface area contributed by atoms with Crippen molar-refractivity contribution in [2.75, 3.05) is 0 Å². The summed E-state index contributed by atoms with van der Waals surface area (Å²) >= 11 is 0. The number of hydrogen-bond donors (Lipinski definition) is 3. The molecule has 98 valence electrons. The van der Waals surface area contributed by atoms with Crippen molar-refractivity contribution in [2.24, 2.45) is 5.92 Å². The van der Waals surface area contributed by atoms with E-state index < -0.39 is 5.97 Å². The van der Waals surface area contributed by atoms with Crippen LogP contribution < -0.4 is 10.6 Å². The fourth-order valence-electron chi connectivity index (χ4n) is 2.83. The highest BCUT2D eigenvalue weighted by Gasteiger charge is 2.41. The van der Waals surface area contributed by atoms with Crippen LogP contribution in [0.5, 0.6) is 0 Å². The number of aliphatic carboxylic acids is 1. The number of rotatable bonds is 5. The second kappa shape index (κ2) is 6.14. The van der Waals surface area contributed by atoms with Crippen molar-refractivity contribution in [3.05, 3.63) is 0 Å². The molecule has 0 radical (unpaired) electrons. The molecule has 2 rings (SSSR count). The quantitative estimate of drug-likeness (QED) is 0.650. The smallest absolute Gasteiger partial charge is 0.315 e. The molecule has 2 fully saturated rings. The topological polar surface area (TPSA) is 78.4 Å². The Morgan fingerprint density at radius 2 is 2.06 bits per heavy atom. The van der Waals surface area contributed by atoms with Crippen molar-refractivity contribution < 1.29 is 14.7 Å². The molecule has 1 saturated carbocycles. The Balaban J connectivity index is 0.00000144. The van der Waals surface area contributed by atoms with Crippen LogP contribution in [-0.2, 0) is 4.79 Å². The standard InChI is InChI=1S/C11H18N2O3.H2S/c14-9(15)4-2-1-3-7-5-6-8-10(7)13-11(16)12-8;/h7-8,10H,1-6H2,(H,14,15)(H2,12,13,16);1H2. The van der Waals surface area contributed by atoms with E-state index in [1.165, 1.54) is 0 Å². The van der Waals surface area contributed by atoms with E-state index in [0.717, 1.165) is 32.1 Å². The van der Waals surface area contributed by atoms with Crippen molar-refractivity contribution in [3.8, 4) is 0 Å². The monoisotopic (exact) mass is 260 g/mol. The molecular weight excluding hydrogens is 240 g/mol. The Bertz CT molecular complexity index is 298. The van der Waals surface area contributed by atoms with E-state index in [2.05, 4.69) is 10.6 Å². The lowest BCUT2D eigenvalue weighted by Crippen LogP contribution is -2.33. The van der Waals surface area contributed by atoms with Crippen LogP contribution in [0.4, 0.5) is 4.79 Å². The Morgan fingerprint density at radius 3 is 2.76 bits per heavy atom. The molecule has 2 aliphatic rings. The van der Waals surface area contributed by atoms with Crippen molar-refractivity contribution in [2.45, 2.75) is 50.6 Å². The maximum atomic E-state index is 11.1. The predicted molar refractivity (Wildman–Crippen MR) is 68.5 cm³/mol. The molecule has 1 aliphatic carbocycles. The average Bonchev–Trinajstić information content (AvgIpc) is 2.72. The zero-order chi connectivity index (χ0) is 11.5. The van der Waals surface area contributed by atoms with Crippen molar-refractivity contribution in [1.29, 1.82) is 0 Å². The van der Waals surface area contributed by atoms with Crippen LogP contribution >= 0.6 is 13.5 Å². The number of carbonyl (C=O) groups is 2. The average molecular weight is 260 g/mol. The van der Waals surface area contributed by atoms with Gasteiger partial charge in [-0.1, -0.05) is 6.42 Å². The van der Waals surface area contributed by atoms with Gasteiger partial charge >= 0.3 is 12.0 Å². The first-order valence-corrected chi connectivity index (χ1v) is 5.95. The van der Waals surface area contributed by atoms with Crippen LogP contribution in [0.25, 0.3) is 0 Å². The van der Waals surface area contributed by atoms with E-state index in [9.17, 15) is 9.59 Å². The van der Waals surface area contributed by atoms with Gasteiger partial charge < -0.3 is 15.7 Å². The molecule has 1 heterocycles. The van der Waals surface area contributed by atoms with Gasteiger partial charge in [-0.15, -0.1) is 0 Å². The fraction of sp³-hybridized carbons (Fsp3) is 0.818. The Kier molecular flexibility index (Phi) is 5.11. The second-order valence-corrected chi connectivity index (χ2v) is 4.73. The molecule has 0 bridgehead atoms. The second-order valence-electron chi connectivity index (χ2n) is 4.73. The highest BCUT2D eigenvalue weighted by atomic mass is 32.1. The van der Waals surface area contributed by atoms with Gasteiger partial charge in [-0.25, -0.2) is 4.79 Å². The van der Waals surface area contributed by atoms with E-state index in [4.69, 9.17) is 5.11 Å². The molecule has 3 unspecified atom stereocenters. The van der Waals surface area contributed by atoms with Crippen LogP contribution in [-0.4, -0.2) is 29.2 Å². The molecule has 0 aromatic rings. The van der Waals surface area contributed by atoms with E-state index >= 15 is 0 Å². The lowest BCUT2D eigenvalue weighted by Gasteiger charge is -2.17. The normalized spacial score (nSPS) is 30.1. The van der Waals surface area contributed by atoms with Gasteiger partial charge in [0.25, 0.3) is 0 Å². The number of carboxylic acids is 1. The molecule has 1 saturated heterocycles. The first-order valence-electron chi connectivity index (χ1n) is 5.95. The van der Waals surface area contributed by atoms with Crippen LogP contribution in [0.15, 0.2) is 0 Å². The summed E-state index contributed by atoms with van der Waals surface area (Å²) in [4.78, 5) is 21.5. The SMILES string of the molecule is O=C(O)CCCCC1CCC2NC(=O)NC12.S. The van der Waals surface area contributed by atoms with Crippen LogP contribution in [0.2, 0.25) is 0 Å². The summed E-state index contributed by atoms with van der Waals surface area (Å²) in [6.45, 7) is 0. The third-order valence-corrected chi connectivity index (χ3v) is 3.62. The third kappa shape index (κ3) is 3.52. The van der Waals surface area contributed by atoms with Crippen LogP contribution in [0.3, 0.4) is 0 Å². The molecule has 5 nitrogen and oxygen atoms in total.